The van der Waals surface area contributed by atoms with Gasteiger partial charge in [-0.15, -0.1) is 0 Å². The summed E-state index contributed by atoms with van der Waals surface area (Å²) in [5, 5.41) is 12.4. The molecule has 3 aromatic rings. The molecule has 1 aromatic heterocycles. The fourth-order valence-electron chi connectivity index (χ4n) is 4.00. The molecule has 2 N–H and O–H groups in total. The second-order valence-electron chi connectivity index (χ2n) is 7.97. The van der Waals surface area contributed by atoms with Crippen LogP contribution in [0.4, 0.5) is 5.69 Å². The number of nitrogens with zero attached hydrogens (tertiary/aromatic N) is 2. The summed E-state index contributed by atoms with van der Waals surface area (Å²) in [6, 6.07) is 13.3. The first-order valence-corrected chi connectivity index (χ1v) is 10.9. The highest BCUT2D eigenvalue weighted by Crippen LogP contribution is 2.29. The average molecular weight is 447 g/mol. The van der Waals surface area contributed by atoms with Crippen LogP contribution < -0.4 is 5.32 Å². The number of rotatable bonds is 6. The highest BCUT2D eigenvalue weighted by Gasteiger charge is 2.28. The van der Waals surface area contributed by atoms with Crippen molar-refractivity contribution < 1.29 is 24.2 Å². The van der Waals surface area contributed by atoms with E-state index in [-0.39, 0.29) is 5.56 Å². The first-order valence-electron chi connectivity index (χ1n) is 10.9. The number of hydrogen-bond acceptors (Lipinski definition) is 6. The monoisotopic (exact) mass is 447 g/mol. The fourth-order valence-corrected chi connectivity index (χ4v) is 4.00. The van der Waals surface area contributed by atoms with Crippen molar-refractivity contribution in [2.45, 2.75) is 32.9 Å². The lowest BCUT2D eigenvalue weighted by Gasteiger charge is -2.29. The molecule has 1 aliphatic heterocycles. The highest BCUT2D eigenvalue weighted by molar-refractivity contribution is 6.06. The lowest BCUT2D eigenvalue weighted by atomic mass is 9.95. The number of hydrogen-bond donors (Lipinski definition) is 2. The zero-order chi connectivity index (χ0) is 23.5. The molecule has 8 heteroatoms. The van der Waals surface area contributed by atoms with Crippen LogP contribution in [0.25, 0.3) is 10.9 Å². The van der Waals surface area contributed by atoms with Gasteiger partial charge in [0.2, 0.25) is 0 Å². The first-order chi connectivity index (χ1) is 15.9. The lowest BCUT2D eigenvalue weighted by molar-refractivity contribution is -0.123. The van der Waals surface area contributed by atoms with Crippen LogP contribution in [0.5, 0.6) is 0 Å². The largest absolute Gasteiger partial charge is 0.478 e. The van der Waals surface area contributed by atoms with Crippen molar-refractivity contribution in [3.8, 4) is 0 Å². The molecule has 0 saturated carbocycles. The van der Waals surface area contributed by atoms with E-state index >= 15 is 0 Å². The normalized spacial score (nSPS) is 14.4. The minimum atomic E-state index is -1.10. The molecule has 0 fully saturated rings. The van der Waals surface area contributed by atoms with E-state index in [4.69, 9.17) is 14.8 Å². The van der Waals surface area contributed by atoms with Crippen LogP contribution in [0.15, 0.2) is 48.5 Å². The number of para-hydroxylation sites is 1. The molecule has 4 rings (SSSR count). The number of aromatic carboxylic acids is 1. The molecule has 0 radical (unpaired) electrons. The van der Waals surface area contributed by atoms with Crippen molar-refractivity contribution in [2.75, 3.05) is 18.4 Å². The first kappa shape index (κ1) is 22.4. The summed E-state index contributed by atoms with van der Waals surface area (Å²) in [5.74, 6) is -2.22. The topological polar surface area (TPSA) is 109 Å². The van der Waals surface area contributed by atoms with Gasteiger partial charge in [-0.3, -0.25) is 14.7 Å². The molecule has 0 spiro atoms. The number of anilines is 1. The van der Waals surface area contributed by atoms with E-state index in [1.54, 1.807) is 6.07 Å². The quantitative estimate of drug-likeness (QED) is 0.557. The van der Waals surface area contributed by atoms with Crippen molar-refractivity contribution in [3.63, 3.8) is 0 Å². The van der Waals surface area contributed by atoms with Crippen LogP contribution in [0, 0.1) is 0 Å². The molecule has 33 heavy (non-hydrogen) atoms. The van der Waals surface area contributed by atoms with Crippen molar-refractivity contribution in [3.05, 3.63) is 70.9 Å². The summed E-state index contributed by atoms with van der Waals surface area (Å²) in [7, 11) is 0. The van der Waals surface area contributed by atoms with Crippen LogP contribution in [0.3, 0.4) is 0 Å². The molecule has 1 amide bonds. The fraction of sp³-hybridized carbons (Fsp3) is 0.280. The molecule has 2 heterocycles. The number of aromatic nitrogens is 1. The summed E-state index contributed by atoms with van der Waals surface area (Å²) in [6.45, 7) is 5.88. The number of nitrogens with one attached hydrogen (secondary N) is 1. The van der Waals surface area contributed by atoms with E-state index in [1.807, 2.05) is 24.3 Å². The van der Waals surface area contributed by atoms with Gasteiger partial charge in [-0.1, -0.05) is 31.2 Å². The van der Waals surface area contributed by atoms with Gasteiger partial charge >= 0.3 is 11.9 Å². The predicted molar refractivity (Wildman–Crippen MR) is 123 cm³/mol. The van der Waals surface area contributed by atoms with Gasteiger partial charge < -0.3 is 15.2 Å². The van der Waals surface area contributed by atoms with Crippen LogP contribution >= 0.6 is 0 Å². The van der Waals surface area contributed by atoms with Gasteiger partial charge in [0.05, 0.1) is 16.6 Å². The van der Waals surface area contributed by atoms with E-state index < -0.39 is 23.9 Å². The van der Waals surface area contributed by atoms with Gasteiger partial charge in [-0.05, 0) is 37.7 Å². The molecular formula is C25H25N3O5. The Hall–Kier alpha value is -3.78. The molecule has 0 bridgehead atoms. The van der Waals surface area contributed by atoms with Crippen LogP contribution in [0.1, 0.15) is 45.8 Å². The maximum absolute atomic E-state index is 13.3. The number of benzene rings is 2. The molecule has 170 valence electrons. The third kappa shape index (κ3) is 4.70. The average Bonchev–Trinajstić information content (AvgIpc) is 2.82. The lowest BCUT2D eigenvalue weighted by Crippen LogP contribution is -2.34. The third-order valence-electron chi connectivity index (χ3n) is 5.81. The number of amides is 1. The van der Waals surface area contributed by atoms with Crippen molar-refractivity contribution in [1.82, 2.24) is 9.88 Å². The number of carbonyl (C=O) groups excluding carboxylic acids is 2. The summed E-state index contributed by atoms with van der Waals surface area (Å²) in [5.41, 5.74) is 3.25. The number of pyridine rings is 1. The molecule has 0 aliphatic carbocycles. The number of carboxylic acid groups (broad SMARTS) is 1. The Labute approximate surface area is 191 Å². The second kappa shape index (κ2) is 9.38. The second-order valence-corrected chi connectivity index (χ2v) is 7.97. The number of fused-ring (bicyclic) bond motifs is 2. The van der Waals surface area contributed by atoms with Crippen molar-refractivity contribution >= 4 is 34.4 Å². The van der Waals surface area contributed by atoms with Crippen LogP contribution in [0.2, 0.25) is 0 Å². The predicted octanol–water partition coefficient (Wildman–Crippen LogP) is 3.50. The van der Waals surface area contributed by atoms with Gasteiger partial charge in [0.1, 0.15) is 0 Å². The number of carbonyl (C=O) groups is 3. The third-order valence-corrected chi connectivity index (χ3v) is 5.81. The summed E-state index contributed by atoms with van der Waals surface area (Å²) < 4.78 is 5.58. The van der Waals surface area contributed by atoms with E-state index in [2.05, 4.69) is 17.1 Å². The minimum Gasteiger partial charge on any atom is -0.478 e. The maximum atomic E-state index is 13.3. The van der Waals surface area contributed by atoms with E-state index in [0.717, 1.165) is 36.3 Å². The van der Waals surface area contributed by atoms with E-state index in [1.165, 1.54) is 25.1 Å². The summed E-state index contributed by atoms with van der Waals surface area (Å²) in [4.78, 5) is 44.1. The number of carboxylic acids is 1. The highest BCUT2D eigenvalue weighted by atomic mass is 16.5. The van der Waals surface area contributed by atoms with Gasteiger partial charge in [0, 0.05) is 41.8 Å². The van der Waals surface area contributed by atoms with Crippen molar-refractivity contribution in [2.24, 2.45) is 0 Å². The Kier molecular flexibility index (Phi) is 6.37. The zero-order valence-corrected chi connectivity index (χ0v) is 18.5. The smallest absolute Gasteiger partial charge is 0.339 e. The standard InChI is InChI=1S/C25H25N3O5/c1-3-28-12-11-21-19(14-28)22(18-9-4-5-10-20(18)27-21)25(32)33-15(2)23(29)26-17-8-6-7-16(13-17)24(30)31/h4-10,13,15H,3,11-12,14H2,1-2H3,(H,26,29)(H,30,31). The Morgan fingerprint density at radius 1 is 1.18 bits per heavy atom. The molecular weight excluding hydrogens is 422 g/mol. The van der Waals surface area contributed by atoms with Crippen LogP contribution in [-0.4, -0.2) is 52.0 Å². The minimum absolute atomic E-state index is 0.0489. The van der Waals surface area contributed by atoms with E-state index in [9.17, 15) is 14.4 Å². The van der Waals surface area contributed by atoms with Crippen molar-refractivity contribution in [1.29, 1.82) is 0 Å². The molecule has 1 aliphatic rings. The Morgan fingerprint density at radius 3 is 2.73 bits per heavy atom. The Morgan fingerprint density at radius 2 is 1.97 bits per heavy atom. The van der Waals surface area contributed by atoms with Gasteiger partial charge in [0.25, 0.3) is 5.91 Å². The number of ether oxygens (including phenoxy) is 1. The molecule has 8 nitrogen and oxygen atoms in total. The summed E-state index contributed by atoms with van der Waals surface area (Å²) >= 11 is 0. The van der Waals surface area contributed by atoms with E-state index in [0.29, 0.717) is 23.2 Å². The van der Waals surface area contributed by atoms with Gasteiger partial charge in [0.15, 0.2) is 6.10 Å². The van der Waals surface area contributed by atoms with Gasteiger partial charge in [-0.2, -0.15) is 0 Å². The molecule has 1 atom stereocenters. The Bertz CT molecular complexity index is 1240. The molecule has 1 unspecified atom stereocenters. The number of likely N-dealkylation sites (N-methyl/N-ethyl adjacent to an activating group) is 1. The molecule has 2 aromatic carbocycles. The molecule has 0 saturated heterocycles. The maximum Gasteiger partial charge on any atom is 0.339 e. The SMILES string of the molecule is CCN1CCc2nc3ccccc3c(C(=O)OC(C)C(=O)Nc3cccc(C(=O)O)c3)c2C1. The van der Waals surface area contributed by atoms with Gasteiger partial charge in [-0.25, -0.2) is 9.59 Å². The summed E-state index contributed by atoms with van der Waals surface area (Å²) in [6.07, 6.45) is -0.344. The van der Waals surface area contributed by atoms with Crippen LogP contribution in [-0.2, 0) is 22.5 Å². The number of esters is 1. The Balaban J connectivity index is 1.59. The zero-order valence-electron chi connectivity index (χ0n) is 18.5.